The predicted molar refractivity (Wildman–Crippen MR) is 101 cm³/mol. The van der Waals surface area contributed by atoms with Crippen LogP contribution in [0.3, 0.4) is 0 Å². The Bertz CT molecular complexity index is 1020. The highest BCUT2D eigenvalue weighted by molar-refractivity contribution is 6.31. The molecule has 1 aliphatic heterocycles. The van der Waals surface area contributed by atoms with E-state index in [1.807, 2.05) is 12.1 Å². The van der Waals surface area contributed by atoms with E-state index < -0.39 is 6.04 Å². The zero-order valence-corrected chi connectivity index (χ0v) is 15.1. The summed E-state index contributed by atoms with van der Waals surface area (Å²) in [5.41, 5.74) is 2.30. The molecule has 1 unspecified atom stereocenters. The Morgan fingerprint density at radius 2 is 2.00 bits per heavy atom. The maximum Gasteiger partial charge on any atom is 0.247 e. The molecule has 2 heterocycles. The number of aromatic nitrogens is 1. The zero-order chi connectivity index (χ0) is 19.0. The van der Waals surface area contributed by atoms with Gasteiger partial charge in [0, 0.05) is 35.2 Å². The van der Waals surface area contributed by atoms with Gasteiger partial charge in [-0.1, -0.05) is 23.7 Å². The van der Waals surface area contributed by atoms with E-state index in [-0.39, 0.29) is 24.1 Å². The van der Waals surface area contributed by atoms with Gasteiger partial charge in [-0.15, -0.1) is 0 Å². The molecule has 0 radical (unpaired) electrons. The number of hydrogen-bond donors (Lipinski definition) is 2. The molecule has 2 amide bonds. The van der Waals surface area contributed by atoms with E-state index in [9.17, 15) is 14.0 Å². The van der Waals surface area contributed by atoms with Crippen LogP contribution in [0.15, 0.2) is 48.7 Å². The monoisotopic (exact) mass is 385 g/mol. The van der Waals surface area contributed by atoms with Crippen LogP contribution in [-0.4, -0.2) is 34.8 Å². The van der Waals surface area contributed by atoms with Gasteiger partial charge >= 0.3 is 0 Å². The number of nitrogens with one attached hydrogen (secondary N) is 2. The summed E-state index contributed by atoms with van der Waals surface area (Å²) < 4.78 is 13.2. The van der Waals surface area contributed by atoms with Crippen molar-refractivity contribution in [1.29, 1.82) is 0 Å². The van der Waals surface area contributed by atoms with E-state index in [2.05, 4.69) is 10.3 Å². The average Bonchev–Trinajstić information content (AvgIpc) is 3.04. The van der Waals surface area contributed by atoms with Crippen LogP contribution in [0.1, 0.15) is 17.2 Å². The maximum absolute atomic E-state index is 13.2. The van der Waals surface area contributed by atoms with Gasteiger partial charge in [-0.2, -0.15) is 0 Å². The van der Waals surface area contributed by atoms with Gasteiger partial charge in [0.2, 0.25) is 11.8 Å². The molecule has 1 fully saturated rings. The molecular weight excluding hydrogens is 369 g/mol. The zero-order valence-electron chi connectivity index (χ0n) is 14.3. The number of rotatable bonds is 3. The fourth-order valence-corrected chi connectivity index (χ4v) is 3.65. The molecule has 3 aromatic rings. The molecule has 0 saturated carbocycles. The van der Waals surface area contributed by atoms with Gasteiger partial charge in [-0.3, -0.25) is 9.59 Å². The summed E-state index contributed by atoms with van der Waals surface area (Å²) in [7, 11) is 0. The second-order valence-corrected chi connectivity index (χ2v) is 6.95. The Morgan fingerprint density at radius 1 is 1.22 bits per heavy atom. The topological polar surface area (TPSA) is 65.2 Å². The van der Waals surface area contributed by atoms with Crippen LogP contribution < -0.4 is 5.32 Å². The van der Waals surface area contributed by atoms with Crippen molar-refractivity contribution in [3.8, 4) is 0 Å². The van der Waals surface area contributed by atoms with Crippen LogP contribution >= 0.6 is 11.6 Å². The van der Waals surface area contributed by atoms with Gasteiger partial charge in [0.05, 0.1) is 6.42 Å². The highest BCUT2D eigenvalue weighted by atomic mass is 35.5. The predicted octanol–water partition coefficient (Wildman–Crippen LogP) is 3.20. The molecule has 4 rings (SSSR count). The van der Waals surface area contributed by atoms with E-state index in [0.717, 1.165) is 16.5 Å². The number of halogens is 2. The summed E-state index contributed by atoms with van der Waals surface area (Å²) in [5.74, 6) is -0.813. The lowest BCUT2D eigenvalue weighted by Crippen LogP contribution is -2.52. The number of carbonyl (C=O) groups excluding carboxylic acids is 2. The molecule has 1 saturated heterocycles. The summed E-state index contributed by atoms with van der Waals surface area (Å²) in [6.45, 7) is 0.789. The Hall–Kier alpha value is -2.86. The minimum Gasteiger partial charge on any atom is -0.361 e. The van der Waals surface area contributed by atoms with Crippen LogP contribution in [-0.2, 0) is 16.0 Å². The van der Waals surface area contributed by atoms with E-state index in [0.29, 0.717) is 23.7 Å². The molecule has 138 valence electrons. The first-order valence-corrected chi connectivity index (χ1v) is 8.99. The maximum atomic E-state index is 13.2. The lowest BCUT2D eigenvalue weighted by molar-refractivity contribution is -0.143. The number of amides is 2. The van der Waals surface area contributed by atoms with Crippen molar-refractivity contribution < 1.29 is 14.0 Å². The molecule has 1 atom stereocenters. The van der Waals surface area contributed by atoms with Gasteiger partial charge in [-0.25, -0.2) is 4.39 Å². The first-order chi connectivity index (χ1) is 13.0. The molecule has 2 aromatic carbocycles. The van der Waals surface area contributed by atoms with Crippen molar-refractivity contribution in [2.75, 3.05) is 13.1 Å². The summed E-state index contributed by atoms with van der Waals surface area (Å²) in [6.07, 6.45) is 1.93. The Kier molecular flexibility index (Phi) is 4.58. The van der Waals surface area contributed by atoms with Crippen LogP contribution in [0.25, 0.3) is 10.9 Å². The van der Waals surface area contributed by atoms with Crippen LogP contribution in [0.5, 0.6) is 0 Å². The number of piperazine rings is 1. The van der Waals surface area contributed by atoms with Crippen molar-refractivity contribution in [2.24, 2.45) is 0 Å². The number of hydrogen-bond acceptors (Lipinski definition) is 2. The fraction of sp³-hybridized carbons (Fsp3) is 0.200. The summed E-state index contributed by atoms with van der Waals surface area (Å²) >= 11 is 6.08. The number of aromatic amines is 1. The van der Waals surface area contributed by atoms with E-state index >= 15 is 0 Å². The Morgan fingerprint density at radius 3 is 2.78 bits per heavy atom. The number of nitrogens with zero attached hydrogens (tertiary/aromatic N) is 1. The van der Waals surface area contributed by atoms with Crippen molar-refractivity contribution in [3.63, 3.8) is 0 Å². The molecule has 5 nitrogen and oxygen atoms in total. The van der Waals surface area contributed by atoms with Crippen molar-refractivity contribution in [1.82, 2.24) is 15.2 Å². The second kappa shape index (κ2) is 7.04. The third-order valence-corrected chi connectivity index (χ3v) is 5.02. The Balaban J connectivity index is 1.63. The van der Waals surface area contributed by atoms with Crippen LogP contribution in [0.2, 0.25) is 5.02 Å². The molecule has 0 bridgehead atoms. The van der Waals surface area contributed by atoms with Gasteiger partial charge in [0.15, 0.2) is 0 Å². The number of benzene rings is 2. The first-order valence-electron chi connectivity index (χ1n) is 8.61. The largest absolute Gasteiger partial charge is 0.361 e. The standard InChI is InChI=1S/C20H17ClFN3O2/c21-14-3-6-17-16(10-14)13(11-24-17)9-18(26)25-8-7-23-20(27)19(25)12-1-4-15(22)5-2-12/h1-6,10-11,19,24H,7-9H2,(H,23,27). The first kappa shape index (κ1) is 17.5. The smallest absolute Gasteiger partial charge is 0.247 e. The summed E-state index contributed by atoms with van der Waals surface area (Å²) in [4.78, 5) is 30.1. The normalized spacial score (nSPS) is 17.2. The quantitative estimate of drug-likeness (QED) is 0.727. The summed E-state index contributed by atoms with van der Waals surface area (Å²) in [5, 5.41) is 4.26. The molecule has 27 heavy (non-hydrogen) atoms. The minimum atomic E-state index is -0.763. The summed E-state index contributed by atoms with van der Waals surface area (Å²) in [6, 6.07) is 10.4. The Labute approximate surface area is 160 Å². The molecule has 1 aromatic heterocycles. The lowest BCUT2D eigenvalue weighted by atomic mass is 10.0. The highest BCUT2D eigenvalue weighted by Crippen LogP contribution is 2.27. The van der Waals surface area contributed by atoms with E-state index in [1.165, 1.54) is 24.3 Å². The minimum absolute atomic E-state index is 0.144. The van der Waals surface area contributed by atoms with Crippen LogP contribution in [0.4, 0.5) is 4.39 Å². The van der Waals surface area contributed by atoms with Gasteiger partial charge < -0.3 is 15.2 Å². The number of fused-ring (bicyclic) bond motifs is 1. The molecule has 2 N–H and O–H groups in total. The van der Waals surface area contributed by atoms with E-state index in [4.69, 9.17) is 11.6 Å². The van der Waals surface area contributed by atoms with Crippen molar-refractivity contribution in [3.05, 3.63) is 70.6 Å². The van der Waals surface area contributed by atoms with E-state index in [1.54, 1.807) is 17.2 Å². The third-order valence-electron chi connectivity index (χ3n) is 4.79. The highest BCUT2D eigenvalue weighted by Gasteiger charge is 2.34. The second-order valence-electron chi connectivity index (χ2n) is 6.51. The third kappa shape index (κ3) is 3.40. The van der Waals surface area contributed by atoms with Crippen LogP contribution in [0, 0.1) is 5.82 Å². The number of carbonyl (C=O) groups is 2. The SMILES string of the molecule is O=C1NCCN(C(=O)Cc2c[nH]c3ccc(Cl)cc23)C1c1ccc(F)cc1. The van der Waals surface area contributed by atoms with Gasteiger partial charge in [0.1, 0.15) is 11.9 Å². The van der Waals surface area contributed by atoms with Crippen molar-refractivity contribution >= 4 is 34.3 Å². The number of H-pyrrole nitrogens is 1. The van der Waals surface area contributed by atoms with Gasteiger partial charge in [-0.05, 0) is 41.5 Å². The molecule has 7 heteroatoms. The fourth-order valence-electron chi connectivity index (χ4n) is 3.47. The molecule has 0 aliphatic carbocycles. The lowest BCUT2D eigenvalue weighted by Gasteiger charge is -2.35. The van der Waals surface area contributed by atoms with Crippen molar-refractivity contribution in [2.45, 2.75) is 12.5 Å². The molecule has 1 aliphatic rings. The molecular formula is C20H17ClFN3O2. The average molecular weight is 386 g/mol. The molecule has 0 spiro atoms. The van der Waals surface area contributed by atoms with Gasteiger partial charge in [0.25, 0.3) is 0 Å².